The molecule has 0 aromatic heterocycles. The summed E-state index contributed by atoms with van der Waals surface area (Å²) in [5.41, 5.74) is 2.24. The normalized spacial score (nSPS) is 21.9. The summed E-state index contributed by atoms with van der Waals surface area (Å²) in [5, 5.41) is 0. The Labute approximate surface area is 137 Å². The van der Waals surface area contributed by atoms with Crippen LogP contribution in [0.4, 0.5) is 5.69 Å². The van der Waals surface area contributed by atoms with Gasteiger partial charge in [0.2, 0.25) is 10.0 Å². The van der Waals surface area contributed by atoms with Crippen molar-refractivity contribution in [3.8, 4) is 0 Å². The molecular formula is C16H22N2O4S. The first-order valence-electron chi connectivity index (χ1n) is 7.88. The number of hydrogen-bond acceptors (Lipinski definition) is 4. The predicted molar refractivity (Wildman–Crippen MR) is 88.3 cm³/mol. The molecular weight excluding hydrogens is 316 g/mol. The van der Waals surface area contributed by atoms with Crippen LogP contribution in [0.25, 0.3) is 0 Å². The van der Waals surface area contributed by atoms with Gasteiger partial charge in [-0.25, -0.2) is 8.42 Å². The SMILES string of the molecule is C[C@H]1CN(C(=O)c2ccc3c(c2)CCCN3S(C)(=O)=O)CCO1. The summed E-state index contributed by atoms with van der Waals surface area (Å²) in [7, 11) is -3.28. The molecule has 0 N–H and O–H groups in total. The van der Waals surface area contributed by atoms with Crippen LogP contribution in [0.3, 0.4) is 0 Å². The summed E-state index contributed by atoms with van der Waals surface area (Å²) in [6.07, 6.45) is 2.83. The first-order chi connectivity index (χ1) is 10.9. The lowest BCUT2D eigenvalue weighted by Gasteiger charge is -2.32. The third kappa shape index (κ3) is 3.35. The molecule has 2 aliphatic rings. The average molecular weight is 338 g/mol. The number of morpholine rings is 1. The molecule has 23 heavy (non-hydrogen) atoms. The molecule has 0 aliphatic carbocycles. The first kappa shape index (κ1) is 16.3. The maximum atomic E-state index is 12.6. The van der Waals surface area contributed by atoms with Gasteiger partial charge in [0.15, 0.2) is 0 Å². The molecule has 0 bridgehead atoms. The zero-order valence-electron chi connectivity index (χ0n) is 13.5. The Balaban J connectivity index is 1.87. The summed E-state index contributed by atoms with van der Waals surface area (Å²) in [6.45, 7) is 4.19. The van der Waals surface area contributed by atoms with E-state index in [1.165, 1.54) is 10.6 Å². The van der Waals surface area contributed by atoms with E-state index in [1.54, 1.807) is 17.0 Å². The van der Waals surface area contributed by atoms with E-state index in [0.29, 0.717) is 37.5 Å². The summed E-state index contributed by atoms with van der Waals surface area (Å²) in [4.78, 5) is 14.4. The van der Waals surface area contributed by atoms with Crippen molar-refractivity contribution in [2.75, 3.05) is 36.8 Å². The van der Waals surface area contributed by atoms with Crippen molar-refractivity contribution in [3.05, 3.63) is 29.3 Å². The monoisotopic (exact) mass is 338 g/mol. The van der Waals surface area contributed by atoms with Crippen LogP contribution in [0.2, 0.25) is 0 Å². The minimum absolute atomic E-state index is 0.0144. The molecule has 1 aromatic carbocycles. The van der Waals surface area contributed by atoms with Crippen molar-refractivity contribution in [1.29, 1.82) is 0 Å². The van der Waals surface area contributed by atoms with Gasteiger partial charge in [-0.1, -0.05) is 0 Å². The molecule has 0 saturated carbocycles. The first-order valence-corrected chi connectivity index (χ1v) is 9.72. The Kier molecular flexibility index (Phi) is 4.33. The molecule has 2 aliphatic heterocycles. The van der Waals surface area contributed by atoms with Crippen LogP contribution in [0.1, 0.15) is 29.3 Å². The number of aryl methyl sites for hydroxylation is 1. The molecule has 1 saturated heterocycles. The topological polar surface area (TPSA) is 66.9 Å². The number of amides is 1. The van der Waals surface area contributed by atoms with Crippen molar-refractivity contribution in [2.24, 2.45) is 0 Å². The second-order valence-electron chi connectivity index (χ2n) is 6.21. The van der Waals surface area contributed by atoms with E-state index in [9.17, 15) is 13.2 Å². The summed E-state index contributed by atoms with van der Waals surface area (Å²) < 4.78 is 30.7. The van der Waals surface area contributed by atoms with Crippen molar-refractivity contribution in [1.82, 2.24) is 4.90 Å². The summed E-state index contributed by atoms with van der Waals surface area (Å²) >= 11 is 0. The van der Waals surface area contributed by atoms with Crippen molar-refractivity contribution in [3.63, 3.8) is 0 Å². The van der Waals surface area contributed by atoms with Gasteiger partial charge in [0, 0.05) is 25.2 Å². The van der Waals surface area contributed by atoms with Gasteiger partial charge in [-0.05, 0) is 43.5 Å². The quantitative estimate of drug-likeness (QED) is 0.814. The van der Waals surface area contributed by atoms with Crippen LogP contribution < -0.4 is 4.31 Å². The molecule has 1 amide bonds. The number of carbonyl (C=O) groups is 1. The lowest BCUT2D eigenvalue weighted by molar-refractivity contribution is -0.0124. The smallest absolute Gasteiger partial charge is 0.254 e. The van der Waals surface area contributed by atoms with Crippen LogP contribution in [-0.4, -0.2) is 57.8 Å². The molecule has 1 aromatic rings. The Morgan fingerprint density at radius 1 is 1.30 bits per heavy atom. The van der Waals surface area contributed by atoms with E-state index in [-0.39, 0.29) is 12.0 Å². The van der Waals surface area contributed by atoms with Gasteiger partial charge in [0.1, 0.15) is 0 Å². The van der Waals surface area contributed by atoms with E-state index in [4.69, 9.17) is 4.74 Å². The van der Waals surface area contributed by atoms with Crippen LogP contribution in [0.15, 0.2) is 18.2 Å². The number of ether oxygens (including phenoxy) is 1. The number of anilines is 1. The lowest BCUT2D eigenvalue weighted by atomic mass is 10.00. The fourth-order valence-corrected chi connectivity index (χ4v) is 4.22. The highest BCUT2D eigenvalue weighted by Gasteiger charge is 2.27. The van der Waals surface area contributed by atoms with Gasteiger partial charge < -0.3 is 9.64 Å². The average Bonchev–Trinajstić information content (AvgIpc) is 2.52. The highest BCUT2D eigenvalue weighted by Crippen LogP contribution is 2.30. The largest absolute Gasteiger partial charge is 0.375 e. The van der Waals surface area contributed by atoms with Crippen LogP contribution in [0, 0.1) is 0 Å². The minimum Gasteiger partial charge on any atom is -0.375 e. The van der Waals surface area contributed by atoms with E-state index < -0.39 is 10.0 Å². The third-order valence-electron chi connectivity index (χ3n) is 4.33. The van der Waals surface area contributed by atoms with Gasteiger partial charge in [0.25, 0.3) is 5.91 Å². The van der Waals surface area contributed by atoms with E-state index in [1.807, 2.05) is 13.0 Å². The molecule has 0 unspecified atom stereocenters. The Bertz CT molecular complexity index is 717. The minimum atomic E-state index is -3.28. The van der Waals surface area contributed by atoms with Crippen LogP contribution in [-0.2, 0) is 21.2 Å². The molecule has 7 heteroatoms. The second kappa shape index (κ2) is 6.13. The number of rotatable bonds is 2. The summed E-state index contributed by atoms with van der Waals surface area (Å²) in [6, 6.07) is 5.33. The molecule has 1 atom stereocenters. The van der Waals surface area contributed by atoms with E-state index in [0.717, 1.165) is 18.4 Å². The molecule has 2 heterocycles. The fourth-order valence-electron chi connectivity index (χ4n) is 3.23. The van der Waals surface area contributed by atoms with Crippen molar-refractivity contribution < 1.29 is 17.9 Å². The van der Waals surface area contributed by atoms with Crippen LogP contribution >= 0.6 is 0 Å². The maximum Gasteiger partial charge on any atom is 0.254 e. The maximum absolute atomic E-state index is 12.6. The summed E-state index contributed by atoms with van der Waals surface area (Å²) in [5.74, 6) is -0.0144. The Morgan fingerprint density at radius 3 is 2.78 bits per heavy atom. The second-order valence-corrected chi connectivity index (χ2v) is 8.12. The van der Waals surface area contributed by atoms with E-state index >= 15 is 0 Å². The molecule has 0 radical (unpaired) electrons. The Hall–Kier alpha value is -1.60. The van der Waals surface area contributed by atoms with Crippen molar-refractivity contribution in [2.45, 2.75) is 25.9 Å². The lowest BCUT2D eigenvalue weighted by Crippen LogP contribution is -2.44. The standard InChI is InChI=1S/C16H22N2O4S/c1-12-11-17(8-9-22-12)16(19)14-5-6-15-13(10-14)4-3-7-18(15)23(2,20)21/h5-6,10,12H,3-4,7-9,11H2,1-2H3/t12-/m0/s1. The van der Waals surface area contributed by atoms with Gasteiger partial charge >= 0.3 is 0 Å². The van der Waals surface area contributed by atoms with Crippen LogP contribution in [0.5, 0.6) is 0 Å². The van der Waals surface area contributed by atoms with Gasteiger partial charge in [-0.15, -0.1) is 0 Å². The molecule has 1 fully saturated rings. The highest BCUT2D eigenvalue weighted by atomic mass is 32.2. The third-order valence-corrected chi connectivity index (χ3v) is 5.51. The number of nitrogens with zero attached hydrogens (tertiary/aromatic N) is 2. The fraction of sp³-hybridized carbons (Fsp3) is 0.562. The Morgan fingerprint density at radius 2 is 2.09 bits per heavy atom. The number of hydrogen-bond donors (Lipinski definition) is 0. The molecule has 126 valence electrons. The number of benzene rings is 1. The highest BCUT2D eigenvalue weighted by molar-refractivity contribution is 7.92. The molecule has 0 spiro atoms. The zero-order valence-corrected chi connectivity index (χ0v) is 14.3. The number of carbonyl (C=O) groups excluding carboxylic acids is 1. The molecule has 6 nitrogen and oxygen atoms in total. The molecule has 3 rings (SSSR count). The number of sulfonamides is 1. The van der Waals surface area contributed by atoms with E-state index in [2.05, 4.69) is 0 Å². The van der Waals surface area contributed by atoms with Gasteiger partial charge in [-0.2, -0.15) is 0 Å². The van der Waals surface area contributed by atoms with Gasteiger partial charge in [0.05, 0.1) is 24.7 Å². The number of fused-ring (bicyclic) bond motifs is 1. The van der Waals surface area contributed by atoms with Crippen molar-refractivity contribution >= 4 is 21.6 Å². The zero-order chi connectivity index (χ0) is 16.6. The van der Waals surface area contributed by atoms with Gasteiger partial charge in [-0.3, -0.25) is 9.10 Å². The predicted octanol–water partition coefficient (Wildman–Crippen LogP) is 1.26.